The minimum Gasteiger partial charge on any atom is -0.504 e. The molecule has 0 amide bonds. The number of carbonyl (C=O) groups is 1. The van der Waals surface area contributed by atoms with Crippen molar-refractivity contribution in [3.8, 4) is 11.5 Å². The lowest BCUT2D eigenvalue weighted by molar-refractivity contribution is -0.185. The number of phenolic OH excluding ortho intramolecular Hbond substituents is 1. The van der Waals surface area contributed by atoms with Crippen molar-refractivity contribution in [3.63, 3.8) is 0 Å². The summed E-state index contributed by atoms with van der Waals surface area (Å²) in [4.78, 5) is 13.0. The molecule has 24 heavy (non-hydrogen) atoms. The number of hydrogen-bond donors (Lipinski definition) is 1. The third-order valence-corrected chi connectivity index (χ3v) is 7.11. The number of hydrogen-bond acceptors (Lipinski definition) is 4. The molecule has 6 rings (SSSR count). The van der Waals surface area contributed by atoms with Gasteiger partial charge >= 0.3 is 5.97 Å². The predicted octanol–water partition coefficient (Wildman–Crippen LogP) is 3.95. The molecule has 2 fully saturated rings. The van der Waals surface area contributed by atoms with Crippen molar-refractivity contribution in [2.75, 3.05) is 6.61 Å². The van der Waals surface area contributed by atoms with Gasteiger partial charge in [0.05, 0.1) is 6.61 Å². The van der Waals surface area contributed by atoms with Gasteiger partial charge in [-0.2, -0.15) is 0 Å². The number of aromatic hydroxyl groups is 1. The molecule has 1 saturated heterocycles. The van der Waals surface area contributed by atoms with Crippen LogP contribution in [0.2, 0.25) is 0 Å². The van der Waals surface area contributed by atoms with Crippen LogP contribution in [0.25, 0.3) is 0 Å². The number of phenols is 1. The fraction of sp³-hybridized carbons (Fsp3) is 0.650. The topological polar surface area (TPSA) is 55.8 Å². The number of benzene rings is 1. The Kier molecular flexibility index (Phi) is 2.60. The summed E-state index contributed by atoms with van der Waals surface area (Å²) in [5, 5.41) is 11.1. The molecule has 3 heterocycles. The summed E-state index contributed by atoms with van der Waals surface area (Å²) < 4.78 is 11.6. The van der Waals surface area contributed by atoms with Crippen molar-refractivity contribution in [2.24, 2.45) is 11.3 Å². The van der Waals surface area contributed by atoms with E-state index in [4.69, 9.17) is 9.47 Å². The van der Waals surface area contributed by atoms with Gasteiger partial charge < -0.3 is 14.6 Å². The number of carbonyl (C=O) groups excluding carboxylic acids is 1. The first kappa shape index (κ1) is 14.6. The molecule has 4 heteroatoms. The second-order valence-electron chi connectivity index (χ2n) is 8.82. The zero-order valence-corrected chi connectivity index (χ0v) is 14.5. The highest BCUT2D eigenvalue weighted by Gasteiger charge is 2.65. The van der Waals surface area contributed by atoms with Crippen molar-refractivity contribution in [1.82, 2.24) is 0 Å². The van der Waals surface area contributed by atoms with Gasteiger partial charge in [0.2, 0.25) is 0 Å². The van der Waals surface area contributed by atoms with Crippen LogP contribution < -0.4 is 4.74 Å². The molecule has 4 nitrogen and oxygen atoms in total. The fourth-order valence-corrected chi connectivity index (χ4v) is 5.92. The number of fused-ring (bicyclic) bond motifs is 2. The molecule has 3 aliphatic heterocycles. The molecule has 0 aromatic heterocycles. The monoisotopic (exact) mass is 328 g/mol. The summed E-state index contributed by atoms with van der Waals surface area (Å²) in [6.45, 7) is 7.22. The first-order chi connectivity index (χ1) is 11.4. The first-order valence-corrected chi connectivity index (χ1v) is 9.10. The van der Waals surface area contributed by atoms with Crippen LogP contribution in [0, 0.1) is 11.3 Å². The maximum atomic E-state index is 13.0. The Balaban J connectivity index is 1.81. The van der Waals surface area contributed by atoms with E-state index < -0.39 is 5.41 Å². The van der Waals surface area contributed by atoms with Crippen molar-refractivity contribution in [1.29, 1.82) is 0 Å². The first-order valence-electron chi connectivity index (χ1n) is 9.10. The largest absolute Gasteiger partial charge is 0.504 e. The van der Waals surface area contributed by atoms with Gasteiger partial charge in [0.15, 0.2) is 11.5 Å². The van der Waals surface area contributed by atoms with E-state index in [1.807, 2.05) is 0 Å². The van der Waals surface area contributed by atoms with Crippen LogP contribution in [-0.4, -0.2) is 17.7 Å². The zero-order chi connectivity index (χ0) is 16.9. The predicted molar refractivity (Wildman–Crippen MR) is 88.3 cm³/mol. The van der Waals surface area contributed by atoms with E-state index in [1.54, 1.807) is 0 Å². The van der Waals surface area contributed by atoms with E-state index in [9.17, 15) is 9.90 Å². The molecule has 128 valence electrons. The highest BCUT2D eigenvalue weighted by atomic mass is 16.5. The van der Waals surface area contributed by atoms with Gasteiger partial charge in [0.25, 0.3) is 0 Å². The number of rotatable bonds is 0. The van der Waals surface area contributed by atoms with Crippen LogP contribution in [0.15, 0.2) is 6.07 Å². The maximum Gasteiger partial charge on any atom is 0.317 e. The Morgan fingerprint density at radius 2 is 2.04 bits per heavy atom. The Labute approximate surface area is 142 Å². The van der Waals surface area contributed by atoms with E-state index in [-0.39, 0.29) is 35.1 Å². The van der Waals surface area contributed by atoms with E-state index >= 15 is 0 Å². The van der Waals surface area contributed by atoms with E-state index in [2.05, 4.69) is 26.8 Å². The second-order valence-corrected chi connectivity index (χ2v) is 8.82. The lowest BCUT2D eigenvalue weighted by Crippen LogP contribution is -2.59. The highest BCUT2D eigenvalue weighted by Crippen LogP contribution is 2.66. The third kappa shape index (κ3) is 1.49. The average molecular weight is 328 g/mol. The summed E-state index contributed by atoms with van der Waals surface area (Å²) in [5.74, 6) is 1.16. The van der Waals surface area contributed by atoms with Crippen LogP contribution in [0.4, 0.5) is 0 Å². The second kappa shape index (κ2) is 4.27. The van der Waals surface area contributed by atoms with E-state index in [0.717, 1.165) is 42.4 Å². The quantitative estimate of drug-likeness (QED) is 0.733. The molecule has 2 aliphatic carbocycles. The fourth-order valence-electron chi connectivity index (χ4n) is 5.92. The van der Waals surface area contributed by atoms with Gasteiger partial charge in [-0.3, -0.25) is 4.79 Å². The lowest BCUT2D eigenvalue weighted by atomic mass is 9.47. The summed E-state index contributed by atoms with van der Waals surface area (Å²) in [7, 11) is 0. The van der Waals surface area contributed by atoms with Crippen LogP contribution >= 0.6 is 0 Å². The van der Waals surface area contributed by atoms with Crippen LogP contribution in [0.3, 0.4) is 0 Å². The third-order valence-electron chi connectivity index (χ3n) is 7.11. The van der Waals surface area contributed by atoms with Gasteiger partial charge in [-0.25, -0.2) is 0 Å². The molecule has 1 N–H and O–H groups in total. The molecular weight excluding hydrogens is 304 g/mol. The van der Waals surface area contributed by atoms with E-state index in [1.165, 1.54) is 0 Å². The van der Waals surface area contributed by atoms with E-state index in [0.29, 0.717) is 12.4 Å². The molecular formula is C20H24O4. The van der Waals surface area contributed by atoms with Crippen LogP contribution in [0.5, 0.6) is 11.5 Å². The minimum absolute atomic E-state index is 0.0766. The highest BCUT2D eigenvalue weighted by molar-refractivity contribution is 5.90. The Morgan fingerprint density at radius 1 is 1.25 bits per heavy atom. The maximum absolute atomic E-state index is 13.0. The molecule has 4 atom stereocenters. The molecule has 1 aromatic carbocycles. The zero-order valence-electron chi connectivity index (χ0n) is 14.5. The van der Waals surface area contributed by atoms with Crippen molar-refractivity contribution in [3.05, 3.63) is 22.8 Å². The Hall–Kier alpha value is -1.71. The molecule has 5 aliphatic rings. The molecule has 0 radical (unpaired) electrons. The lowest BCUT2D eigenvalue weighted by Gasteiger charge is -2.58. The smallest absolute Gasteiger partial charge is 0.317 e. The molecule has 1 spiro atoms. The SMILES string of the molecule is C[C@H]1COc2c1cc1c(c2O)[C@@]23CCCC(C)(C)[C@@H]2CC1OC3=O. The normalized spacial score (nSPS) is 38.0. The van der Waals surface area contributed by atoms with Gasteiger partial charge in [-0.15, -0.1) is 0 Å². The molecule has 2 bridgehead atoms. The van der Waals surface area contributed by atoms with Crippen LogP contribution in [0.1, 0.15) is 75.2 Å². The van der Waals surface area contributed by atoms with Crippen molar-refractivity contribution in [2.45, 2.75) is 63.9 Å². The van der Waals surface area contributed by atoms with Gasteiger partial charge in [0, 0.05) is 22.6 Å². The summed E-state index contributed by atoms with van der Waals surface area (Å²) in [6, 6.07) is 2.14. The Bertz CT molecular complexity index is 765. The molecule has 1 saturated carbocycles. The van der Waals surface area contributed by atoms with Gasteiger partial charge in [-0.05, 0) is 36.7 Å². The summed E-state index contributed by atoms with van der Waals surface area (Å²) in [6.07, 6.45) is 3.52. The summed E-state index contributed by atoms with van der Waals surface area (Å²) in [5.41, 5.74) is 2.28. The average Bonchev–Trinajstić information content (AvgIpc) is 2.89. The molecule has 1 aromatic rings. The minimum atomic E-state index is -0.694. The Morgan fingerprint density at radius 3 is 2.83 bits per heavy atom. The van der Waals surface area contributed by atoms with Gasteiger partial charge in [-0.1, -0.05) is 27.2 Å². The van der Waals surface area contributed by atoms with Crippen LogP contribution in [-0.2, 0) is 14.9 Å². The molecule has 1 unspecified atom stereocenters. The standard InChI is InChI=1S/C20H24O4/c1-10-9-23-17-11(10)7-12-13-8-14-19(2,3)5-4-6-20(14,18(22)24-13)15(12)16(17)21/h7,10,13-14,21H,4-6,8-9H2,1-3H3/t10-,13?,14-,20+/m0/s1. The van der Waals surface area contributed by atoms with Crippen molar-refractivity contribution >= 4 is 5.97 Å². The number of esters is 1. The van der Waals surface area contributed by atoms with Gasteiger partial charge in [0.1, 0.15) is 11.5 Å². The van der Waals surface area contributed by atoms with Crippen molar-refractivity contribution < 1.29 is 19.4 Å². The summed E-state index contributed by atoms with van der Waals surface area (Å²) >= 11 is 0. The number of ether oxygens (including phenoxy) is 2.